The van der Waals surface area contributed by atoms with Crippen LogP contribution in [0.25, 0.3) is 0 Å². The molecule has 2 N–H and O–H groups in total. The molecule has 0 fully saturated rings. The van der Waals surface area contributed by atoms with Crippen LogP contribution in [0.5, 0.6) is 0 Å². The molecule has 0 aliphatic rings. The number of benzene rings is 1. The second-order valence-corrected chi connectivity index (χ2v) is 6.97. The summed E-state index contributed by atoms with van der Waals surface area (Å²) in [5, 5.41) is -0.487. The highest BCUT2D eigenvalue weighted by molar-refractivity contribution is 7.91. The number of nitrogens with two attached hydrogens (primary N) is 1. The molecule has 0 saturated carbocycles. The fourth-order valence-corrected chi connectivity index (χ4v) is 3.20. The highest BCUT2D eigenvalue weighted by Gasteiger charge is 2.25. The van der Waals surface area contributed by atoms with E-state index in [-0.39, 0.29) is 17.2 Å². The lowest BCUT2D eigenvalue weighted by Gasteiger charge is -2.16. The summed E-state index contributed by atoms with van der Waals surface area (Å²) in [6.07, 6.45) is 0. The van der Waals surface area contributed by atoms with Crippen molar-refractivity contribution in [1.29, 1.82) is 0 Å². The Labute approximate surface area is 102 Å². The zero-order chi connectivity index (χ0) is 13.2. The van der Waals surface area contributed by atoms with Crippen molar-refractivity contribution in [3.05, 3.63) is 29.6 Å². The second kappa shape index (κ2) is 5.04. The van der Waals surface area contributed by atoms with Crippen LogP contribution in [0.1, 0.15) is 26.3 Å². The van der Waals surface area contributed by atoms with E-state index in [2.05, 4.69) is 0 Å². The van der Waals surface area contributed by atoms with E-state index in [1.165, 1.54) is 12.1 Å². The highest BCUT2D eigenvalue weighted by Crippen LogP contribution is 2.20. The summed E-state index contributed by atoms with van der Waals surface area (Å²) in [4.78, 5) is 0. The molecule has 5 heteroatoms. The largest absolute Gasteiger partial charge is 0.399 e. The second-order valence-electron chi connectivity index (χ2n) is 4.61. The summed E-state index contributed by atoms with van der Waals surface area (Å²) in [6.45, 7) is 5.32. The van der Waals surface area contributed by atoms with Gasteiger partial charge in [-0.25, -0.2) is 12.8 Å². The summed E-state index contributed by atoms with van der Waals surface area (Å²) >= 11 is 0. The van der Waals surface area contributed by atoms with Gasteiger partial charge in [0, 0.05) is 11.3 Å². The SMILES string of the molecule is CC(C)C(C)S(=O)(=O)Cc1ccc(N)cc1F. The lowest BCUT2D eigenvalue weighted by Crippen LogP contribution is -2.25. The Morgan fingerprint density at radius 1 is 1.29 bits per heavy atom. The van der Waals surface area contributed by atoms with Crippen molar-refractivity contribution in [3.8, 4) is 0 Å². The minimum absolute atomic E-state index is 0.0110. The minimum Gasteiger partial charge on any atom is -0.399 e. The van der Waals surface area contributed by atoms with Gasteiger partial charge in [0.1, 0.15) is 5.82 Å². The summed E-state index contributed by atoms with van der Waals surface area (Å²) in [7, 11) is -3.33. The maximum absolute atomic E-state index is 13.5. The first-order valence-electron chi connectivity index (χ1n) is 5.49. The number of hydrogen-bond donors (Lipinski definition) is 1. The van der Waals surface area contributed by atoms with E-state index in [1.807, 2.05) is 13.8 Å². The Bertz CT molecular complexity index is 497. The Morgan fingerprint density at radius 2 is 1.88 bits per heavy atom. The maximum Gasteiger partial charge on any atom is 0.157 e. The first-order valence-corrected chi connectivity index (χ1v) is 7.21. The van der Waals surface area contributed by atoms with Gasteiger partial charge in [-0.1, -0.05) is 19.9 Å². The number of rotatable bonds is 4. The highest BCUT2D eigenvalue weighted by atomic mass is 32.2. The van der Waals surface area contributed by atoms with Crippen molar-refractivity contribution in [3.63, 3.8) is 0 Å². The van der Waals surface area contributed by atoms with Gasteiger partial charge in [-0.05, 0) is 25.0 Å². The maximum atomic E-state index is 13.5. The van der Waals surface area contributed by atoms with Crippen LogP contribution in [-0.2, 0) is 15.6 Å². The summed E-state index contributed by atoms with van der Waals surface area (Å²) in [6, 6.07) is 4.08. The zero-order valence-corrected chi connectivity index (χ0v) is 11.1. The molecule has 0 aliphatic heterocycles. The zero-order valence-electron chi connectivity index (χ0n) is 10.3. The molecule has 0 heterocycles. The molecule has 1 rings (SSSR count). The first kappa shape index (κ1) is 14.0. The Kier molecular flexibility index (Phi) is 4.14. The molecular formula is C12H18FNO2S. The summed E-state index contributed by atoms with van der Waals surface area (Å²) in [5.74, 6) is -0.834. The molecule has 0 aliphatic carbocycles. The normalized spacial score (nSPS) is 13.9. The van der Waals surface area contributed by atoms with Gasteiger partial charge in [-0.2, -0.15) is 0 Å². The van der Waals surface area contributed by atoms with E-state index in [0.717, 1.165) is 6.07 Å². The van der Waals surface area contributed by atoms with Crippen molar-refractivity contribution >= 4 is 15.5 Å². The summed E-state index contributed by atoms with van der Waals surface area (Å²) < 4.78 is 37.5. The average molecular weight is 259 g/mol. The van der Waals surface area contributed by atoms with Gasteiger partial charge in [0.25, 0.3) is 0 Å². The Morgan fingerprint density at radius 3 is 2.35 bits per heavy atom. The Hall–Kier alpha value is -1.10. The lowest BCUT2D eigenvalue weighted by molar-refractivity contribution is 0.542. The van der Waals surface area contributed by atoms with Crippen LogP contribution in [0.3, 0.4) is 0 Å². The van der Waals surface area contributed by atoms with Gasteiger partial charge in [0.2, 0.25) is 0 Å². The predicted octanol–water partition coefficient (Wildman–Crippen LogP) is 2.37. The molecule has 0 amide bonds. The van der Waals surface area contributed by atoms with E-state index >= 15 is 0 Å². The smallest absolute Gasteiger partial charge is 0.157 e. The molecule has 3 nitrogen and oxygen atoms in total. The van der Waals surface area contributed by atoms with Crippen LogP contribution in [0.4, 0.5) is 10.1 Å². The molecule has 0 saturated heterocycles. The molecular weight excluding hydrogens is 241 g/mol. The Balaban J connectivity index is 2.98. The van der Waals surface area contributed by atoms with Gasteiger partial charge >= 0.3 is 0 Å². The fourth-order valence-electron chi connectivity index (χ4n) is 1.44. The third-order valence-electron chi connectivity index (χ3n) is 2.94. The predicted molar refractivity (Wildman–Crippen MR) is 67.7 cm³/mol. The van der Waals surface area contributed by atoms with Gasteiger partial charge < -0.3 is 5.73 Å². The van der Waals surface area contributed by atoms with Crippen LogP contribution in [0.15, 0.2) is 18.2 Å². The third-order valence-corrected chi connectivity index (χ3v) is 5.33. The van der Waals surface area contributed by atoms with Crippen molar-refractivity contribution in [2.45, 2.75) is 31.8 Å². The molecule has 0 aromatic heterocycles. The number of halogens is 1. The number of nitrogen functional groups attached to an aromatic ring is 1. The molecule has 0 bridgehead atoms. The van der Waals surface area contributed by atoms with E-state index in [9.17, 15) is 12.8 Å². The molecule has 17 heavy (non-hydrogen) atoms. The van der Waals surface area contributed by atoms with Crippen molar-refractivity contribution in [2.75, 3.05) is 5.73 Å². The van der Waals surface area contributed by atoms with E-state index in [0.29, 0.717) is 5.69 Å². The third kappa shape index (κ3) is 3.43. The molecule has 96 valence electrons. The van der Waals surface area contributed by atoms with Crippen LogP contribution >= 0.6 is 0 Å². The summed E-state index contributed by atoms with van der Waals surface area (Å²) in [5.41, 5.74) is 5.87. The number of hydrogen-bond acceptors (Lipinski definition) is 3. The lowest BCUT2D eigenvalue weighted by atomic mass is 10.2. The fraction of sp³-hybridized carbons (Fsp3) is 0.500. The van der Waals surface area contributed by atoms with Crippen molar-refractivity contribution in [1.82, 2.24) is 0 Å². The van der Waals surface area contributed by atoms with Crippen LogP contribution in [0, 0.1) is 11.7 Å². The van der Waals surface area contributed by atoms with Crippen molar-refractivity contribution in [2.24, 2.45) is 5.92 Å². The quantitative estimate of drug-likeness (QED) is 0.844. The van der Waals surface area contributed by atoms with Gasteiger partial charge in [-0.3, -0.25) is 0 Å². The molecule has 0 spiro atoms. The first-order chi connectivity index (χ1) is 7.74. The number of sulfone groups is 1. The monoisotopic (exact) mass is 259 g/mol. The standard InChI is InChI=1S/C12H18FNO2S/c1-8(2)9(3)17(15,16)7-10-4-5-11(14)6-12(10)13/h4-6,8-9H,7,14H2,1-3H3. The van der Waals surface area contributed by atoms with E-state index in [1.54, 1.807) is 6.92 Å². The number of anilines is 1. The molecule has 1 aromatic carbocycles. The average Bonchev–Trinajstić information content (AvgIpc) is 2.21. The topological polar surface area (TPSA) is 60.2 Å². The van der Waals surface area contributed by atoms with Crippen LogP contribution in [0.2, 0.25) is 0 Å². The van der Waals surface area contributed by atoms with Crippen LogP contribution < -0.4 is 5.73 Å². The molecule has 1 unspecified atom stereocenters. The molecule has 1 aromatic rings. The van der Waals surface area contributed by atoms with Gasteiger partial charge in [0.15, 0.2) is 9.84 Å². The van der Waals surface area contributed by atoms with Crippen molar-refractivity contribution < 1.29 is 12.8 Å². The molecule has 0 radical (unpaired) electrons. The minimum atomic E-state index is -3.33. The molecule has 1 atom stereocenters. The van der Waals surface area contributed by atoms with Gasteiger partial charge in [-0.15, -0.1) is 0 Å². The van der Waals surface area contributed by atoms with Crippen LogP contribution in [-0.4, -0.2) is 13.7 Å². The van der Waals surface area contributed by atoms with Gasteiger partial charge in [0.05, 0.1) is 11.0 Å². The van der Waals surface area contributed by atoms with E-state index < -0.39 is 20.9 Å². The van der Waals surface area contributed by atoms with E-state index in [4.69, 9.17) is 5.73 Å².